The first-order chi connectivity index (χ1) is 14.0. The molecule has 0 unspecified atom stereocenters. The third kappa shape index (κ3) is 4.44. The molecule has 150 valence electrons. The Morgan fingerprint density at radius 1 is 1.10 bits per heavy atom. The zero-order valence-corrected chi connectivity index (χ0v) is 17.8. The van der Waals surface area contributed by atoms with E-state index in [0.717, 1.165) is 5.56 Å². The third-order valence-electron chi connectivity index (χ3n) is 4.14. The van der Waals surface area contributed by atoms with Gasteiger partial charge in [-0.25, -0.2) is 4.79 Å². The minimum atomic E-state index is -0.405. The molecule has 2 aromatic carbocycles. The van der Waals surface area contributed by atoms with Gasteiger partial charge >= 0.3 is 5.97 Å². The van der Waals surface area contributed by atoms with E-state index in [0.29, 0.717) is 38.6 Å². The van der Waals surface area contributed by atoms with Crippen molar-refractivity contribution in [3.8, 4) is 11.5 Å². The van der Waals surface area contributed by atoms with Crippen LogP contribution in [0.5, 0.6) is 11.5 Å². The van der Waals surface area contributed by atoms with Crippen LogP contribution >= 0.6 is 24.0 Å². The van der Waals surface area contributed by atoms with E-state index in [1.807, 2.05) is 6.07 Å². The van der Waals surface area contributed by atoms with Crippen LogP contribution in [0, 0.1) is 0 Å². The predicted molar refractivity (Wildman–Crippen MR) is 118 cm³/mol. The first-order valence-electron chi connectivity index (χ1n) is 8.75. The van der Waals surface area contributed by atoms with Crippen molar-refractivity contribution in [2.45, 2.75) is 6.92 Å². The Hall–Kier alpha value is -2.84. The highest BCUT2D eigenvalue weighted by Gasteiger charge is 2.33. The first kappa shape index (κ1) is 20.9. The highest BCUT2D eigenvalue weighted by molar-refractivity contribution is 8.27. The molecule has 0 atom stereocenters. The fourth-order valence-corrected chi connectivity index (χ4v) is 4.04. The lowest BCUT2D eigenvalue weighted by atomic mass is 10.1. The summed E-state index contributed by atoms with van der Waals surface area (Å²) in [5.74, 6) is 0.557. The number of benzene rings is 2. The summed E-state index contributed by atoms with van der Waals surface area (Å²) in [6.07, 6.45) is 1.76. The maximum absolute atomic E-state index is 12.9. The second-order valence-electron chi connectivity index (χ2n) is 5.90. The van der Waals surface area contributed by atoms with Crippen LogP contribution in [0.25, 0.3) is 6.08 Å². The topological polar surface area (TPSA) is 65.1 Å². The molecule has 0 N–H and O–H groups in total. The van der Waals surface area contributed by atoms with Crippen molar-refractivity contribution in [2.24, 2.45) is 0 Å². The summed E-state index contributed by atoms with van der Waals surface area (Å²) in [4.78, 5) is 26.7. The Balaban J connectivity index is 1.84. The number of nitrogens with zero attached hydrogens (tertiary/aromatic N) is 1. The van der Waals surface area contributed by atoms with Crippen molar-refractivity contribution in [2.75, 3.05) is 25.7 Å². The van der Waals surface area contributed by atoms with Gasteiger partial charge in [-0.1, -0.05) is 30.0 Å². The summed E-state index contributed by atoms with van der Waals surface area (Å²) in [7, 11) is 3.12. The highest BCUT2D eigenvalue weighted by atomic mass is 32.2. The number of hydrogen-bond acceptors (Lipinski definition) is 7. The molecule has 1 aliphatic heterocycles. The average molecular weight is 430 g/mol. The van der Waals surface area contributed by atoms with E-state index in [-0.39, 0.29) is 5.91 Å². The fourth-order valence-electron chi connectivity index (χ4n) is 2.75. The first-order valence-corrected chi connectivity index (χ1v) is 9.98. The molecule has 1 saturated heterocycles. The highest BCUT2D eigenvalue weighted by Crippen LogP contribution is 2.37. The fraction of sp³-hybridized carbons (Fsp3) is 0.190. The zero-order valence-electron chi connectivity index (χ0n) is 16.1. The molecule has 0 saturated carbocycles. The molecule has 1 amide bonds. The zero-order chi connectivity index (χ0) is 21.0. The number of methoxy groups -OCH3 is 2. The number of rotatable bonds is 6. The molecular weight excluding hydrogens is 410 g/mol. The summed E-state index contributed by atoms with van der Waals surface area (Å²) in [5, 5.41) is 0. The second-order valence-corrected chi connectivity index (χ2v) is 7.57. The minimum Gasteiger partial charge on any atom is -0.493 e. The van der Waals surface area contributed by atoms with Crippen molar-refractivity contribution in [3.05, 3.63) is 58.5 Å². The number of carbonyl (C=O) groups is 2. The summed E-state index contributed by atoms with van der Waals surface area (Å²) >= 11 is 6.62. The van der Waals surface area contributed by atoms with Crippen molar-refractivity contribution < 1.29 is 23.8 Å². The Morgan fingerprint density at radius 2 is 1.79 bits per heavy atom. The molecule has 6 nitrogen and oxygen atoms in total. The maximum atomic E-state index is 12.9. The SMILES string of the molecule is CCOC(=O)c1ccc(N2C(=O)/C(=C/c3ccc(OC)c(OC)c3)SC2=S)cc1. The van der Waals surface area contributed by atoms with Gasteiger partial charge in [0.2, 0.25) is 0 Å². The molecule has 3 rings (SSSR count). The number of esters is 1. The lowest BCUT2D eigenvalue weighted by Gasteiger charge is -2.14. The van der Waals surface area contributed by atoms with Gasteiger partial charge in [-0.05, 0) is 55.0 Å². The van der Waals surface area contributed by atoms with E-state index < -0.39 is 5.97 Å². The number of anilines is 1. The number of thiocarbonyl (C=S) groups is 1. The molecule has 1 aliphatic rings. The van der Waals surface area contributed by atoms with Crippen LogP contribution in [0.15, 0.2) is 47.4 Å². The number of carbonyl (C=O) groups excluding carboxylic acids is 2. The summed E-state index contributed by atoms with van der Waals surface area (Å²) < 4.78 is 15.9. The van der Waals surface area contributed by atoms with Gasteiger partial charge in [0.05, 0.1) is 37.0 Å². The van der Waals surface area contributed by atoms with Crippen molar-refractivity contribution in [3.63, 3.8) is 0 Å². The van der Waals surface area contributed by atoms with Gasteiger partial charge in [-0.15, -0.1) is 0 Å². The standard InChI is InChI=1S/C21H19NO5S2/c1-4-27-20(24)14-6-8-15(9-7-14)22-19(23)18(29-21(22)28)12-13-5-10-16(25-2)17(11-13)26-3/h5-12H,4H2,1-3H3/b18-12-. The van der Waals surface area contributed by atoms with E-state index in [4.69, 9.17) is 26.4 Å². The molecule has 0 spiro atoms. The minimum absolute atomic E-state index is 0.223. The van der Waals surface area contributed by atoms with Gasteiger partial charge in [0.1, 0.15) is 0 Å². The number of ether oxygens (including phenoxy) is 3. The van der Waals surface area contributed by atoms with Gasteiger partial charge in [0, 0.05) is 0 Å². The van der Waals surface area contributed by atoms with Crippen LogP contribution in [0.3, 0.4) is 0 Å². The van der Waals surface area contributed by atoms with Crippen molar-refractivity contribution in [1.82, 2.24) is 0 Å². The second kappa shape index (κ2) is 9.11. The normalized spacial score (nSPS) is 15.0. The molecule has 1 heterocycles. The maximum Gasteiger partial charge on any atom is 0.338 e. The molecular formula is C21H19NO5S2. The lowest BCUT2D eigenvalue weighted by molar-refractivity contribution is -0.113. The van der Waals surface area contributed by atoms with Gasteiger partial charge in [0.25, 0.3) is 5.91 Å². The lowest BCUT2D eigenvalue weighted by Crippen LogP contribution is -2.27. The van der Waals surface area contributed by atoms with Gasteiger partial charge in [-0.3, -0.25) is 9.69 Å². The molecule has 0 aliphatic carbocycles. The molecule has 0 aromatic heterocycles. The van der Waals surface area contributed by atoms with Crippen LogP contribution in [-0.2, 0) is 9.53 Å². The number of hydrogen-bond donors (Lipinski definition) is 0. The molecule has 29 heavy (non-hydrogen) atoms. The van der Waals surface area contributed by atoms with Gasteiger partial charge < -0.3 is 14.2 Å². The molecule has 0 bridgehead atoms. The molecule has 0 radical (unpaired) electrons. The van der Waals surface area contributed by atoms with Crippen molar-refractivity contribution >= 4 is 51.9 Å². The van der Waals surface area contributed by atoms with Crippen LogP contribution in [-0.4, -0.2) is 37.0 Å². The molecule has 8 heteroatoms. The van der Waals surface area contributed by atoms with E-state index in [1.165, 1.54) is 16.7 Å². The molecule has 2 aromatic rings. The Morgan fingerprint density at radius 3 is 2.41 bits per heavy atom. The Kier molecular flexibility index (Phi) is 6.56. The quantitative estimate of drug-likeness (QED) is 0.386. The predicted octanol–water partition coefficient (Wildman–Crippen LogP) is 4.29. The summed E-state index contributed by atoms with van der Waals surface area (Å²) in [5.41, 5.74) is 1.80. The number of amides is 1. The van der Waals surface area contributed by atoms with E-state index >= 15 is 0 Å². The van der Waals surface area contributed by atoms with E-state index in [9.17, 15) is 9.59 Å². The van der Waals surface area contributed by atoms with Gasteiger partial charge in [-0.2, -0.15) is 0 Å². The summed E-state index contributed by atoms with van der Waals surface area (Å²) in [6, 6.07) is 12.0. The summed E-state index contributed by atoms with van der Waals surface area (Å²) in [6.45, 7) is 2.05. The van der Waals surface area contributed by atoms with E-state index in [1.54, 1.807) is 63.6 Å². The Bertz CT molecular complexity index is 985. The molecule has 1 fully saturated rings. The van der Waals surface area contributed by atoms with Gasteiger partial charge in [0.15, 0.2) is 15.8 Å². The third-order valence-corrected chi connectivity index (χ3v) is 5.44. The van der Waals surface area contributed by atoms with Crippen molar-refractivity contribution in [1.29, 1.82) is 0 Å². The van der Waals surface area contributed by atoms with Crippen LogP contribution in [0.2, 0.25) is 0 Å². The monoisotopic (exact) mass is 429 g/mol. The van der Waals surface area contributed by atoms with E-state index in [2.05, 4.69) is 0 Å². The average Bonchev–Trinajstić information content (AvgIpc) is 3.01. The van der Waals surface area contributed by atoms with Crippen LogP contribution in [0.4, 0.5) is 5.69 Å². The van der Waals surface area contributed by atoms with Crippen LogP contribution < -0.4 is 14.4 Å². The van der Waals surface area contributed by atoms with Crippen LogP contribution in [0.1, 0.15) is 22.8 Å². The smallest absolute Gasteiger partial charge is 0.338 e. The Labute approximate surface area is 178 Å². The largest absolute Gasteiger partial charge is 0.493 e. The number of thioether (sulfide) groups is 1.